The zero-order chi connectivity index (χ0) is 17.9. The molecule has 1 aliphatic rings. The topological polar surface area (TPSA) is 55.8 Å². The molecule has 0 bridgehead atoms. The average molecular weight is 348 g/mol. The normalized spacial score (nSPS) is 17.2. The van der Waals surface area contributed by atoms with Crippen LogP contribution in [0.25, 0.3) is 0 Å². The molecule has 1 aromatic rings. The van der Waals surface area contributed by atoms with Gasteiger partial charge in [0, 0.05) is 31.9 Å². The van der Waals surface area contributed by atoms with Crippen LogP contribution in [0.15, 0.2) is 30.3 Å². The average Bonchev–Trinajstić information content (AvgIpc) is 3.10. The molecule has 1 saturated heterocycles. The smallest absolute Gasteiger partial charge is 0.234 e. The molecule has 1 fully saturated rings. The van der Waals surface area contributed by atoms with Crippen LogP contribution in [0.5, 0.6) is 0 Å². The van der Waals surface area contributed by atoms with Crippen LogP contribution >= 0.6 is 0 Å². The molecule has 1 atom stereocenters. The lowest BCUT2D eigenvalue weighted by Crippen LogP contribution is -2.41. The zero-order valence-corrected chi connectivity index (χ0v) is 15.5. The number of carbonyl (C=O) groups is 1. The fourth-order valence-electron chi connectivity index (χ4n) is 3.39. The summed E-state index contributed by atoms with van der Waals surface area (Å²) < 4.78 is 0. The van der Waals surface area contributed by atoms with E-state index in [0.29, 0.717) is 19.0 Å². The van der Waals surface area contributed by atoms with Crippen molar-refractivity contribution in [2.75, 3.05) is 50.8 Å². The van der Waals surface area contributed by atoms with E-state index in [1.807, 2.05) is 6.07 Å². The fraction of sp³-hybridized carbons (Fsp3) is 0.650. The van der Waals surface area contributed by atoms with E-state index >= 15 is 0 Å². The molecule has 1 aliphatic heterocycles. The number of para-hydroxylation sites is 1. The van der Waals surface area contributed by atoms with Crippen LogP contribution in [0.3, 0.4) is 0 Å². The number of rotatable bonds is 11. The van der Waals surface area contributed by atoms with Gasteiger partial charge >= 0.3 is 0 Å². The van der Waals surface area contributed by atoms with Crippen molar-refractivity contribution in [2.45, 2.75) is 32.6 Å². The van der Waals surface area contributed by atoms with E-state index < -0.39 is 0 Å². The highest BCUT2D eigenvalue weighted by Crippen LogP contribution is 2.22. The van der Waals surface area contributed by atoms with Crippen molar-refractivity contribution in [2.24, 2.45) is 5.92 Å². The molecule has 0 spiro atoms. The minimum atomic E-state index is 0.0723. The number of nitrogens with zero attached hydrogens (tertiary/aromatic N) is 2. The molecular formula is C20H33N3O2. The predicted molar refractivity (Wildman–Crippen MR) is 103 cm³/mol. The largest absolute Gasteiger partial charge is 0.395 e. The van der Waals surface area contributed by atoms with Gasteiger partial charge in [-0.05, 0) is 37.4 Å². The number of unbranched alkanes of at least 4 members (excludes halogenated alkanes) is 2. The number of anilines is 1. The monoisotopic (exact) mass is 347 g/mol. The highest BCUT2D eigenvalue weighted by atomic mass is 16.3. The number of nitrogens with one attached hydrogen (secondary N) is 1. The van der Waals surface area contributed by atoms with Crippen molar-refractivity contribution in [1.82, 2.24) is 10.2 Å². The maximum absolute atomic E-state index is 12.2. The molecule has 2 rings (SSSR count). The van der Waals surface area contributed by atoms with E-state index in [-0.39, 0.29) is 12.5 Å². The Hall–Kier alpha value is -1.59. The van der Waals surface area contributed by atoms with E-state index in [1.54, 1.807) is 0 Å². The van der Waals surface area contributed by atoms with Crippen molar-refractivity contribution in [3.63, 3.8) is 0 Å². The molecule has 0 aromatic heterocycles. The van der Waals surface area contributed by atoms with Crippen molar-refractivity contribution in [3.05, 3.63) is 30.3 Å². The Balaban J connectivity index is 1.68. The Bertz CT molecular complexity index is 495. The highest BCUT2D eigenvalue weighted by Gasteiger charge is 2.23. The lowest BCUT2D eigenvalue weighted by molar-refractivity contribution is -0.122. The fourth-order valence-corrected chi connectivity index (χ4v) is 3.39. The minimum absolute atomic E-state index is 0.0723. The Morgan fingerprint density at radius 2 is 2.08 bits per heavy atom. The lowest BCUT2D eigenvalue weighted by atomic mass is 10.1. The zero-order valence-electron chi connectivity index (χ0n) is 15.5. The number of benzene rings is 1. The summed E-state index contributed by atoms with van der Waals surface area (Å²) in [6, 6.07) is 10.5. The van der Waals surface area contributed by atoms with Gasteiger partial charge in [-0.25, -0.2) is 0 Å². The molecule has 2 N–H and O–H groups in total. The second kappa shape index (κ2) is 11.1. The molecule has 25 heavy (non-hydrogen) atoms. The first-order valence-corrected chi connectivity index (χ1v) is 9.62. The van der Waals surface area contributed by atoms with Gasteiger partial charge in [-0.1, -0.05) is 38.0 Å². The van der Waals surface area contributed by atoms with Gasteiger partial charge in [-0.15, -0.1) is 0 Å². The van der Waals surface area contributed by atoms with Gasteiger partial charge in [0.2, 0.25) is 5.91 Å². The summed E-state index contributed by atoms with van der Waals surface area (Å²) in [4.78, 5) is 16.7. The number of hydrogen-bond donors (Lipinski definition) is 2. The summed E-state index contributed by atoms with van der Waals surface area (Å²) in [5.74, 6) is 0.582. The van der Waals surface area contributed by atoms with Crippen LogP contribution in [0, 0.1) is 5.92 Å². The number of carbonyl (C=O) groups excluding carboxylic acids is 1. The van der Waals surface area contributed by atoms with Crippen LogP contribution in [-0.4, -0.2) is 61.8 Å². The first-order chi connectivity index (χ1) is 12.2. The van der Waals surface area contributed by atoms with E-state index in [9.17, 15) is 4.79 Å². The molecule has 1 amide bonds. The molecule has 5 heteroatoms. The van der Waals surface area contributed by atoms with Crippen molar-refractivity contribution < 1.29 is 9.90 Å². The molecule has 0 saturated carbocycles. The standard InChI is InChI=1S/C20H33N3O2/c1-2-3-7-11-22(13-14-24)17-20(25)21-15-18-10-12-23(16-18)19-8-5-4-6-9-19/h4-6,8-9,18,24H,2-3,7,10-17H2,1H3,(H,21,25)/t18-/m0/s1. The highest BCUT2D eigenvalue weighted by molar-refractivity contribution is 5.78. The van der Waals surface area contributed by atoms with Crippen LogP contribution in [-0.2, 0) is 4.79 Å². The summed E-state index contributed by atoms with van der Waals surface area (Å²) in [6.45, 7) is 6.91. The third kappa shape index (κ3) is 7.04. The summed E-state index contributed by atoms with van der Waals surface area (Å²) in [6.07, 6.45) is 4.53. The third-order valence-corrected chi connectivity index (χ3v) is 4.86. The Labute approximate surface area is 152 Å². The van der Waals surface area contributed by atoms with Crippen LogP contribution in [0.2, 0.25) is 0 Å². The van der Waals surface area contributed by atoms with Gasteiger partial charge < -0.3 is 15.3 Å². The van der Waals surface area contributed by atoms with Crippen molar-refractivity contribution in [1.29, 1.82) is 0 Å². The summed E-state index contributed by atoms with van der Waals surface area (Å²) in [5.41, 5.74) is 1.27. The van der Waals surface area contributed by atoms with E-state index in [1.165, 1.54) is 18.5 Å². The summed E-state index contributed by atoms with van der Waals surface area (Å²) in [5, 5.41) is 12.3. The maximum Gasteiger partial charge on any atom is 0.234 e. The second-order valence-corrected chi connectivity index (χ2v) is 6.95. The van der Waals surface area contributed by atoms with E-state index in [4.69, 9.17) is 5.11 Å². The number of aliphatic hydroxyl groups is 1. The molecule has 0 aliphatic carbocycles. The quantitative estimate of drug-likeness (QED) is 0.602. The number of amides is 1. The van der Waals surface area contributed by atoms with E-state index in [2.05, 4.69) is 46.3 Å². The van der Waals surface area contributed by atoms with Gasteiger partial charge in [0.25, 0.3) is 0 Å². The Kier molecular flexibility index (Phi) is 8.77. The Morgan fingerprint density at radius 3 is 2.80 bits per heavy atom. The first-order valence-electron chi connectivity index (χ1n) is 9.62. The molecule has 1 aromatic carbocycles. The molecule has 1 heterocycles. The second-order valence-electron chi connectivity index (χ2n) is 6.95. The summed E-state index contributed by atoms with van der Waals surface area (Å²) >= 11 is 0. The number of aliphatic hydroxyl groups excluding tert-OH is 1. The molecule has 5 nitrogen and oxygen atoms in total. The molecule has 140 valence electrons. The van der Waals surface area contributed by atoms with Crippen LogP contribution in [0.1, 0.15) is 32.6 Å². The SMILES string of the molecule is CCCCCN(CCO)CC(=O)NC[C@@H]1CCN(c2ccccc2)C1. The number of hydrogen-bond acceptors (Lipinski definition) is 4. The predicted octanol–water partition coefficient (Wildman–Crippen LogP) is 2.11. The van der Waals surface area contributed by atoms with E-state index in [0.717, 1.165) is 39.0 Å². The minimum Gasteiger partial charge on any atom is -0.395 e. The van der Waals surface area contributed by atoms with Gasteiger partial charge in [-0.3, -0.25) is 9.69 Å². The molecule has 0 radical (unpaired) electrons. The van der Waals surface area contributed by atoms with Gasteiger partial charge in [0.05, 0.1) is 13.2 Å². The maximum atomic E-state index is 12.2. The summed E-state index contributed by atoms with van der Waals surface area (Å²) in [7, 11) is 0. The first kappa shape index (κ1) is 19.7. The van der Waals surface area contributed by atoms with Crippen LogP contribution < -0.4 is 10.2 Å². The van der Waals surface area contributed by atoms with Gasteiger partial charge in [0.1, 0.15) is 0 Å². The Morgan fingerprint density at radius 1 is 1.28 bits per heavy atom. The van der Waals surface area contributed by atoms with Gasteiger partial charge in [-0.2, -0.15) is 0 Å². The molecular weight excluding hydrogens is 314 g/mol. The third-order valence-electron chi connectivity index (χ3n) is 4.86. The van der Waals surface area contributed by atoms with Crippen molar-refractivity contribution >= 4 is 11.6 Å². The van der Waals surface area contributed by atoms with Crippen LogP contribution in [0.4, 0.5) is 5.69 Å². The van der Waals surface area contributed by atoms with Gasteiger partial charge in [0.15, 0.2) is 0 Å². The lowest BCUT2D eigenvalue weighted by Gasteiger charge is -2.21. The molecule has 0 unspecified atom stereocenters. The van der Waals surface area contributed by atoms with Crippen molar-refractivity contribution in [3.8, 4) is 0 Å².